The smallest absolute Gasteiger partial charge is 0.290 e. The maximum atomic E-state index is 11.7. The molecule has 1 fully saturated rings. The molecule has 1 saturated heterocycles. The molecule has 0 atom stereocenters. The first-order valence-corrected chi connectivity index (χ1v) is 7.22. The van der Waals surface area contributed by atoms with Gasteiger partial charge in [-0.3, -0.25) is 14.9 Å². The molecule has 1 heterocycles. The number of carbonyl (C=O) groups excluding carboxylic acids is 2. The number of benzene rings is 2. The maximum Gasteiger partial charge on any atom is 0.290 e. The number of allylic oxidation sites excluding steroid dienone is 1. The molecular weight excluding hydrogens is 286 g/mol. The molecule has 1 aliphatic heterocycles. The Balaban J connectivity index is 2.07. The summed E-state index contributed by atoms with van der Waals surface area (Å²) in [6.07, 6.45) is 0. The summed E-state index contributed by atoms with van der Waals surface area (Å²) in [5.74, 6) is 0.485. The largest absolute Gasteiger partial charge is 0.497 e. The minimum absolute atomic E-state index is 0.320. The first-order valence-electron chi connectivity index (χ1n) is 6.40. The first kappa shape index (κ1) is 13.7. The van der Waals surface area contributed by atoms with Crippen molar-refractivity contribution in [2.45, 2.75) is 6.92 Å². The lowest BCUT2D eigenvalue weighted by molar-refractivity contribution is -0.115. The van der Waals surface area contributed by atoms with Gasteiger partial charge in [0, 0.05) is 0 Å². The number of methoxy groups -OCH3 is 1. The first-order chi connectivity index (χ1) is 10.1. The predicted octanol–water partition coefficient (Wildman–Crippen LogP) is 3.56. The van der Waals surface area contributed by atoms with Gasteiger partial charge in [-0.25, -0.2) is 0 Å². The number of imide groups is 1. The molecule has 0 bridgehead atoms. The average molecular weight is 299 g/mol. The number of fused-ring (bicyclic) bond motifs is 1. The van der Waals surface area contributed by atoms with Crippen molar-refractivity contribution in [1.82, 2.24) is 5.32 Å². The molecule has 0 aliphatic carbocycles. The number of ether oxygens (including phenoxy) is 1. The maximum absolute atomic E-state index is 11.7. The highest BCUT2D eigenvalue weighted by Crippen LogP contribution is 2.33. The van der Waals surface area contributed by atoms with E-state index >= 15 is 0 Å². The SMILES string of the molecule is COc1ccc2cc(C(C)=C3SC(=O)NC3=O)ccc2c1. The molecule has 5 heteroatoms. The van der Waals surface area contributed by atoms with Crippen molar-refractivity contribution in [2.24, 2.45) is 0 Å². The summed E-state index contributed by atoms with van der Waals surface area (Å²) in [4.78, 5) is 23.5. The van der Waals surface area contributed by atoms with Gasteiger partial charge in [-0.15, -0.1) is 0 Å². The fourth-order valence-corrected chi connectivity index (χ4v) is 3.02. The fourth-order valence-electron chi connectivity index (χ4n) is 2.28. The van der Waals surface area contributed by atoms with Crippen LogP contribution in [0.15, 0.2) is 41.3 Å². The van der Waals surface area contributed by atoms with Gasteiger partial charge < -0.3 is 4.74 Å². The topological polar surface area (TPSA) is 55.4 Å². The van der Waals surface area contributed by atoms with E-state index in [-0.39, 0.29) is 11.1 Å². The molecule has 1 N–H and O–H groups in total. The van der Waals surface area contributed by atoms with Crippen molar-refractivity contribution in [2.75, 3.05) is 7.11 Å². The van der Waals surface area contributed by atoms with Crippen LogP contribution in [0, 0.1) is 0 Å². The molecule has 0 unspecified atom stereocenters. The molecule has 0 saturated carbocycles. The van der Waals surface area contributed by atoms with Gasteiger partial charge in [-0.2, -0.15) is 0 Å². The van der Waals surface area contributed by atoms with Crippen LogP contribution in [0.5, 0.6) is 5.75 Å². The molecule has 2 aromatic carbocycles. The van der Waals surface area contributed by atoms with Gasteiger partial charge in [-0.05, 0) is 58.8 Å². The fraction of sp³-hybridized carbons (Fsp3) is 0.125. The van der Waals surface area contributed by atoms with E-state index in [0.29, 0.717) is 4.91 Å². The molecule has 2 amide bonds. The molecule has 4 nitrogen and oxygen atoms in total. The Kier molecular flexibility index (Phi) is 3.43. The number of amides is 2. The molecule has 0 spiro atoms. The van der Waals surface area contributed by atoms with Gasteiger partial charge >= 0.3 is 0 Å². The molecule has 2 aromatic rings. The Morgan fingerprint density at radius 3 is 2.48 bits per heavy atom. The van der Waals surface area contributed by atoms with Gasteiger partial charge in [-0.1, -0.05) is 18.2 Å². The monoisotopic (exact) mass is 299 g/mol. The third-order valence-corrected chi connectivity index (χ3v) is 4.42. The van der Waals surface area contributed by atoms with Crippen molar-refractivity contribution in [3.63, 3.8) is 0 Å². The minimum Gasteiger partial charge on any atom is -0.497 e. The van der Waals surface area contributed by atoms with Crippen molar-refractivity contribution < 1.29 is 14.3 Å². The second-order valence-corrected chi connectivity index (χ2v) is 5.71. The van der Waals surface area contributed by atoms with Crippen LogP contribution in [0.4, 0.5) is 4.79 Å². The Labute approximate surface area is 126 Å². The van der Waals surface area contributed by atoms with Crippen LogP contribution in [0.25, 0.3) is 16.3 Å². The Morgan fingerprint density at radius 2 is 1.81 bits per heavy atom. The number of hydrogen-bond acceptors (Lipinski definition) is 4. The quantitative estimate of drug-likeness (QED) is 0.861. The third-order valence-electron chi connectivity index (χ3n) is 3.44. The second-order valence-electron chi connectivity index (χ2n) is 4.73. The number of rotatable bonds is 2. The van der Waals surface area contributed by atoms with Crippen LogP contribution in [-0.2, 0) is 4.79 Å². The average Bonchev–Trinajstić information content (AvgIpc) is 2.84. The van der Waals surface area contributed by atoms with Gasteiger partial charge in [0.05, 0.1) is 12.0 Å². The highest BCUT2D eigenvalue weighted by molar-refractivity contribution is 8.18. The van der Waals surface area contributed by atoms with Gasteiger partial charge in [0.15, 0.2) is 0 Å². The molecule has 106 valence electrons. The van der Waals surface area contributed by atoms with Crippen molar-refractivity contribution in [3.8, 4) is 5.75 Å². The zero-order valence-electron chi connectivity index (χ0n) is 11.6. The lowest BCUT2D eigenvalue weighted by Gasteiger charge is -2.07. The van der Waals surface area contributed by atoms with Crippen LogP contribution in [-0.4, -0.2) is 18.3 Å². The van der Waals surface area contributed by atoms with Crippen molar-refractivity contribution in [1.29, 1.82) is 0 Å². The molecule has 3 rings (SSSR count). The van der Waals surface area contributed by atoms with E-state index in [2.05, 4.69) is 5.32 Å². The van der Waals surface area contributed by atoms with Gasteiger partial charge in [0.25, 0.3) is 11.1 Å². The minimum atomic E-state index is -0.322. The van der Waals surface area contributed by atoms with E-state index in [1.807, 2.05) is 43.3 Å². The molecule has 0 aromatic heterocycles. The van der Waals surface area contributed by atoms with E-state index in [0.717, 1.165) is 39.4 Å². The normalized spacial score (nSPS) is 17.0. The summed E-state index contributed by atoms with van der Waals surface area (Å²) < 4.78 is 5.20. The van der Waals surface area contributed by atoms with Crippen LogP contribution in [0.3, 0.4) is 0 Å². The summed E-state index contributed by atoms with van der Waals surface area (Å²) in [5, 5.41) is 4.08. The Hall–Kier alpha value is -2.27. The molecule has 0 radical (unpaired) electrons. The number of nitrogens with one attached hydrogen (secondary N) is 1. The van der Waals surface area contributed by atoms with Crippen molar-refractivity contribution in [3.05, 3.63) is 46.9 Å². The van der Waals surface area contributed by atoms with E-state index in [4.69, 9.17) is 4.74 Å². The number of carbonyl (C=O) groups is 2. The standard InChI is InChI=1S/C16H13NO3S/c1-9(14-15(18)17-16(19)21-14)10-3-4-12-8-13(20-2)6-5-11(12)7-10/h3-8H,1-2H3,(H,17,18,19). The van der Waals surface area contributed by atoms with E-state index < -0.39 is 0 Å². The van der Waals surface area contributed by atoms with Crippen LogP contribution in [0.2, 0.25) is 0 Å². The molecular formula is C16H13NO3S. The van der Waals surface area contributed by atoms with Crippen molar-refractivity contribution >= 4 is 39.3 Å². The highest BCUT2D eigenvalue weighted by Gasteiger charge is 2.27. The van der Waals surface area contributed by atoms with E-state index in [9.17, 15) is 9.59 Å². The zero-order valence-corrected chi connectivity index (χ0v) is 12.4. The third kappa shape index (κ3) is 2.52. The van der Waals surface area contributed by atoms with Gasteiger partial charge in [0.2, 0.25) is 0 Å². The predicted molar refractivity (Wildman–Crippen MR) is 84.2 cm³/mol. The number of hydrogen-bond donors (Lipinski definition) is 1. The summed E-state index contributed by atoms with van der Waals surface area (Å²) in [5.41, 5.74) is 1.74. The zero-order chi connectivity index (χ0) is 15.0. The highest BCUT2D eigenvalue weighted by atomic mass is 32.2. The molecule has 21 heavy (non-hydrogen) atoms. The Bertz CT molecular complexity index is 795. The second kappa shape index (κ2) is 5.26. The summed E-state index contributed by atoms with van der Waals surface area (Å²) in [6, 6.07) is 11.8. The van der Waals surface area contributed by atoms with Crippen LogP contribution < -0.4 is 10.1 Å². The van der Waals surface area contributed by atoms with E-state index in [1.165, 1.54) is 0 Å². The Morgan fingerprint density at radius 1 is 1.10 bits per heavy atom. The summed E-state index contributed by atoms with van der Waals surface area (Å²) in [6.45, 7) is 1.85. The summed E-state index contributed by atoms with van der Waals surface area (Å²) >= 11 is 0.948. The molecule has 1 aliphatic rings. The van der Waals surface area contributed by atoms with Crippen LogP contribution in [0.1, 0.15) is 12.5 Å². The number of thioether (sulfide) groups is 1. The van der Waals surface area contributed by atoms with Crippen LogP contribution >= 0.6 is 11.8 Å². The van der Waals surface area contributed by atoms with E-state index in [1.54, 1.807) is 7.11 Å². The lowest BCUT2D eigenvalue weighted by Crippen LogP contribution is -2.18. The lowest BCUT2D eigenvalue weighted by atomic mass is 10.0. The van der Waals surface area contributed by atoms with Gasteiger partial charge in [0.1, 0.15) is 5.75 Å². The summed E-state index contributed by atoms with van der Waals surface area (Å²) in [7, 11) is 1.64.